The number of benzene rings is 2. The summed E-state index contributed by atoms with van der Waals surface area (Å²) in [6.07, 6.45) is -0.0525. The first-order chi connectivity index (χ1) is 15.8. The van der Waals surface area contributed by atoms with Crippen molar-refractivity contribution in [2.45, 2.75) is 11.3 Å². The molecule has 3 aromatic rings. The van der Waals surface area contributed by atoms with Crippen LogP contribution in [0.4, 0.5) is 5.13 Å². The number of piperazine rings is 1. The van der Waals surface area contributed by atoms with Gasteiger partial charge in [-0.05, 0) is 36.4 Å². The first-order valence-electron chi connectivity index (χ1n) is 10.3. The molecule has 0 radical (unpaired) electrons. The summed E-state index contributed by atoms with van der Waals surface area (Å²) in [5.74, 6) is 0.842. The molecule has 1 aliphatic heterocycles. The van der Waals surface area contributed by atoms with Gasteiger partial charge in [-0.25, -0.2) is 13.4 Å². The van der Waals surface area contributed by atoms with E-state index in [0.717, 1.165) is 15.3 Å². The second-order valence-electron chi connectivity index (χ2n) is 7.53. The van der Waals surface area contributed by atoms with Gasteiger partial charge in [-0.3, -0.25) is 4.79 Å². The lowest BCUT2D eigenvalue weighted by Gasteiger charge is -2.34. The molecule has 0 unspecified atom stereocenters. The molecule has 0 saturated carbocycles. The number of amides is 1. The Morgan fingerprint density at radius 2 is 1.76 bits per heavy atom. The molecule has 2 aromatic carbocycles. The number of fused-ring (bicyclic) bond motifs is 1. The Labute approximate surface area is 201 Å². The highest BCUT2D eigenvalue weighted by atomic mass is 35.5. The van der Waals surface area contributed by atoms with Gasteiger partial charge >= 0.3 is 0 Å². The number of halogens is 1. The second-order valence-corrected chi connectivity index (χ2v) is 11.1. The zero-order valence-corrected chi connectivity index (χ0v) is 20.7. The van der Waals surface area contributed by atoms with E-state index in [-0.39, 0.29) is 23.0 Å². The van der Waals surface area contributed by atoms with Crippen LogP contribution < -0.4 is 14.4 Å². The average molecular weight is 510 g/mol. The minimum Gasteiger partial charge on any atom is -0.493 e. The monoisotopic (exact) mass is 509 g/mol. The van der Waals surface area contributed by atoms with Crippen LogP contribution in [0.5, 0.6) is 11.5 Å². The van der Waals surface area contributed by atoms with Crippen LogP contribution in [-0.2, 0) is 14.6 Å². The van der Waals surface area contributed by atoms with Crippen molar-refractivity contribution in [3.05, 3.63) is 41.4 Å². The number of carbonyl (C=O) groups excluding carboxylic acids is 1. The third kappa shape index (κ3) is 5.02. The van der Waals surface area contributed by atoms with Crippen LogP contribution in [0.3, 0.4) is 0 Å². The number of hydrogen-bond acceptors (Lipinski definition) is 8. The van der Waals surface area contributed by atoms with E-state index in [1.807, 2.05) is 12.1 Å². The number of aromatic nitrogens is 1. The van der Waals surface area contributed by atoms with Gasteiger partial charge in [0.25, 0.3) is 0 Å². The van der Waals surface area contributed by atoms with E-state index in [1.54, 1.807) is 30.5 Å². The molecule has 11 heteroatoms. The van der Waals surface area contributed by atoms with Crippen molar-refractivity contribution in [2.24, 2.45) is 0 Å². The molecular formula is C22H24ClN3O5S2. The van der Waals surface area contributed by atoms with Gasteiger partial charge in [-0.1, -0.05) is 22.9 Å². The minimum atomic E-state index is -3.54. The fourth-order valence-corrected chi connectivity index (χ4v) is 6.09. The van der Waals surface area contributed by atoms with Gasteiger partial charge in [0.1, 0.15) is 5.52 Å². The van der Waals surface area contributed by atoms with E-state index >= 15 is 0 Å². The fourth-order valence-electron chi connectivity index (χ4n) is 3.72. The summed E-state index contributed by atoms with van der Waals surface area (Å²) >= 11 is 7.38. The Morgan fingerprint density at radius 1 is 1.06 bits per heavy atom. The Kier molecular flexibility index (Phi) is 6.96. The Bertz CT molecular complexity index is 1250. The van der Waals surface area contributed by atoms with Gasteiger partial charge in [-0.15, -0.1) is 0 Å². The van der Waals surface area contributed by atoms with Gasteiger partial charge in [-0.2, -0.15) is 0 Å². The fraction of sp³-hybridized carbons (Fsp3) is 0.364. The molecule has 0 spiro atoms. The van der Waals surface area contributed by atoms with Crippen LogP contribution in [-0.4, -0.2) is 70.4 Å². The predicted molar refractivity (Wildman–Crippen MR) is 130 cm³/mol. The number of ether oxygens (including phenoxy) is 2. The van der Waals surface area contributed by atoms with Crippen molar-refractivity contribution >= 4 is 54.0 Å². The summed E-state index contributed by atoms with van der Waals surface area (Å²) in [5.41, 5.74) is 0.753. The molecule has 1 saturated heterocycles. The number of sulfone groups is 1. The van der Waals surface area contributed by atoms with Gasteiger partial charge in [0.2, 0.25) is 5.91 Å². The van der Waals surface area contributed by atoms with E-state index in [0.29, 0.717) is 42.7 Å². The number of hydrogen-bond donors (Lipinski definition) is 0. The normalized spacial score (nSPS) is 14.5. The number of nitrogens with zero attached hydrogens (tertiary/aromatic N) is 3. The van der Waals surface area contributed by atoms with Gasteiger partial charge in [0, 0.05) is 37.6 Å². The molecule has 4 rings (SSSR count). The van der Waals surface area contributed by atoms with Crippen molar-refractivity contribution in [1.82, 2.24) is 9.88 Å². The van der Waals surface area contributed by atoms with Crippen molar-refractivity contribution in [3.8, 4) is 11.5 Å². The Balaban J connectivity index is 1.36. The highest BCUT2D eigenvalue weighted by Crippen LogP contribution is 2.40. The van der Waals surface area contributed by atoms with Crippen molar-refractivity contribution in [2.75, 3.05) is 51.1 Å². The molecule has 8 nitrogen and oxygen atoms in total. The number of anilines is 1. The van der Waals surface area contributed by atoms with E-state index in [2.05, 4.69) is 4.90 Å². The summed E-state index contributed by atoms with van der Waals surface area (Å²) in [6, 6.07) is 9.80. The maximum Gasteiger partial charge on any atom is 0.223 e. The zero-order chi connectivity index (χ0) is 23.6. The molecule has 176 valence electrons. The summed E-state index contributed by atoms with van der Waals surface area (Å²) < 4.78 is 36.8. The highest BCUT2D eigenvalue weighted by Gasteiger charge is 2.25. The van der Waals surface area contributed by atoms with Crippen LogP contribution in [0, 0.1) is 0 Å². The Hall–Kier alpha value is -2.56. The molecule has 1 fully saturated rings. The SMILES string of the molecule is COc1ccc2sc(N3CCN(C(=O)CCS(=O)(=O)c4ccc(Cl)cc4)CC3)nc2c1OC. The molecule has 0 aliphatic carbocycles. The molecule has 1 amide bonds. The summed E-state index contributed by atoms with van der Waals surface area (Å²) in [7, 11) is -0.356. The van der Waals surface area contributed by atoms with Crippen molar-refractivity contribution in [1.29, 1.82) is 0 Å². The largest absolute Gasteiger partial charge is 0.493 e. The molecule has 2 heterocycles. The van der Waals surface area contributed by atoms with Gasteiger partial charge in [0.15, 0.2) is 26.5 Å². The van der Waals surface area contributed by atoms with E-state index in [1.165, 1.54) is 24.3 Å². The zero-order valence-electron chi connectivity index (χ0n) is 18.3. The Morgan fingerprint density at radius 3 is 2.39 bits per heavy atom. The third-order valence-electron chi connectivity index (χ3n) is 5.55. The molecule has 0 atom stereocenters. The summed E-state index contributed by atoms with van der Waals surface area (Å²) in [6.45, 7) is 2.26. The van der Waals surface area contributed by atoms with Crippen LogP contribution >= 0.6 is 22.9 Å². The first-order valence-corrected chi connectivity index (χ1v) is 13.2. The van der Waals surface area contributed by atoms with Crippen molar-refractivity contribution < 1.29 is 22.7 Å². The number of rotatable bonds is 7. The topological polar surface area (TPSA) is 89.0 Å². The highest BCUT2D eigenvalue weighted by molar-refractivity contribution is 7.91. The average Bonchev–Trinajstić information content (AvgIpc) is 3.26. The third-order valence-corrected chi connectivity index (χ3v) is 8.62. The predicted octanol–water partition coefficient (Wildman–Crippen LogP) is 3.48. The van der Waals surface area contributed by atoms with Crippen LogP contribution in [0.15, 0.2) is 41.3 Å². The van der Waals surface area contributed by atoms with Gasteiger partial charge < -0.3 is 19.3 Å². The van der Waals surface area contributed by atoms with E-state index in [9.17, 15) is 13.2 Å². The lowest BCUT2D eigenvalue weighted by molar-refractivity contribution is -0.131. The van der Waals surface area contributed by atoms with Crippen LogP contribution in [0.1, 0.15) is 6.42 Å². The van der Waals surface area contributed by atoms with Crippen LogP contribution in [0.25, 0.3) is 10.2 Å². The summed E-state index contributed by atoms with van der Waals surface area (Å²) in [5, 5.41) is 1.32. The number of methoxy groups -OCH3 is 2. The molecule has 33 heavy (non-hydrogen) atoms. The minimum absolute atomic E-state index is 0.0525. The molecule has 0 N–H and O–H groups in total. The van der Waals surface area contributed by atoms with E-state index in [4.69, 9.17) is 26.1 Å². The maximum atomic E-state index is 12.6. The smallest absolute Gasteiger partial charge is 0.223 e. The molecule has 1 aliphatic rings. The second kappa shape index (κ2) is 9.74. The lowest BCUT2D eigenvalue weighted by atomic mass is 10.3. The number of thiazole rings is 1. The quantitative estimate of drug-likeness (QED) is 0.481. The molecule has 0 bridgehead atoms. The number of carbonyl (C=O) groups is 1. The van der Waals surface area contributed by atoms with Gasteiger partial charge in [0.05, 0.1) is 29.6 Å². The standard InChI is InChI=1S/C22H24ClN3O5S2/c1-30-17-7-8-18-20(21(17)31-2)24-22(32-18)26-12-10-25(11-13-26)19(27)9-14-33(28,29)16-5-3-15(23)4-6-16/h3-8H,9-14H2,1-2H3. The summed E-state index contributed by atoms with van der Waals surface area (Å²) in [4.78, 5) is 21.4. The lowest BCUT2D eigenvalue weighted by Crippen LogP contribution is -2.49. The van der Waals surface area contributed by atoms with E-state index < -0.39 is 9.84 Å². The molecule has 1 aromatic heterocycles. The van der Waals surface area contributed by atoms with Crippen LogP contribution in [0.2, 0.25) is 5.02 Å². The molecular weight excluding hydrogens is 486 g/mol. The van der Waals surface area contributed by atoms with Crippen molar-refractivity contribution in [3.63, 3.8) is 0 Å². The maximum absolute atomic E-state index is 12.6. The first kappa shape index (κ1) is 23.6.